The molecule has 0 radical (unpaired) electrons. The molecule has 0 saturated heterocycles. The van der Waals surface area contributed by atoms with Crippen LogP contribution < -0.4 is 0 Å². The van der Waals surface area contributed by atoms with E-state index in [0.717, 1.165) is 81.1 Å². The van der Waals surface area contributed by atoms with Crippen molar-refractivity contribution in [3.8, 4) is 0 Å². The summed E-state index contributed by atoms with van der Waals surface area (Å²) in [5.41, 5.74) is 2.10. The van der Waals surface area contributed by atoms with Gasteiger partial charge in [-0.1, -0.05) is 60.8 Å². The molecular formula is C20H26N2S6. The van der Waals surface area contributed by atoms with E-state index >= 15 is 0 Å². The molecular weight excluding hydrogens is 461 g/mol. The van der Waals surface area contributed by atoms with Crippen molar-refractivity contribution >= 4 is 95.7 Å². The Morgan fingerprint density at radius 3 is 1.21 bits per heavy atom. The molecule has 2 nitrogen and oxygen atoms in total. The Labute approximate surface area is 201 Å². The lowest BCUT2D eigenvalue weighted by Crippen LogP contribution is -2.35. The Hall–Kier alpha value is -0.120. The third kappa shape index (κ3) is 5.95. The molecule has 0 aliphatic rings. The number of nitrogens with zero attached hydrogens (tertiary/aromatic N) is 2. The molecule has 8 heteroatoms. The molecule has 0 N–H and O–H groups in total. The summed E-state index contributed by atoms with van der Waals surface area (Å²) in [6, 6.07) is 12.5. The highest BCUT2D eigenvalue weighted by molar-refractivity contribution is 7.81. The summed E-state index contributed by atoms with van der Waals surface area (Å²) < 4.78 is 0. The lowest BCUT2D eigenvalue weighted by molar-refractivity contribution is 0.483. The molecule has 0 fully saturated rings. The van der Waals surface area contributed by atoms with Gasteiger partial charge in [-0.15, -0.1) is 0 Å². The molecule has 0 aliphatic heterocycles. The first kappa shape index (κ1) is 24.2. The number of fused-ring (bicyclic) bond motifs is 1. The lowest BCUT2D eigenvalue weighted by atomic mass is 9.98. The molecule has 152 valence electrons. The second-order valence-electron chi connectivity index (χ2n) is 6.19. The van der Waals surface area contributed by atoms with Gasteiger partial charge in [-0.25, -0.2) is 0 Å². The van der Waals surface area contributed by atoms with Crippen molar-refractivity contribution in [2.75, 3.05) is 49.2 Å². The third-order valence-corrected chi connectivity index (χ3v) is 6.20. The van der Waals surface area contributed by atoms with Crippen LogP contribution in [0.1, 0.15) is 11.1 Å². The number of benzene rings is 2. The largest absolute Gasteiger partial charge is 0.361 e. The third-order valence-electron chi connectivity index (χ3n) is 4.44. The molecule has 0 bridgehead atoms. The van der Waals surface area contributed by atoms with Crippen molar-refractivity contribution in [3.05, 3.63) is 47.5 Å². The van der Waals surface area contributed by atoms with Gasteiger partial charge in [-0.3, -0.25) is 0 Å². The predicted molar refractivity (Wildman–Crippen MR) is 146 cm³/mol. The van der Waals surface area contributed by atoms with Crippen LogP contribution in [0.3, 0.4) is 0 Å². The maximum atomic E-state index is 5.84. The number of rotatable bonds is 10. The van der Waals surface area contributed by atoms with Gasteiger partial charge >= 0.3 is 0 Å². The highest BCUT2D eigenvalue weighted by atomic mass is 32.1. The zero-order valence-electron chi connectivity index (χ0n) is 15.6. The molecule has 28 heavy (non-hydrogen) atoms. The maximum Gasteiger partial charge on any atom is 0.109 e. The molecule has 0 aliphatic carbocycles. The van der Waals surface area contributed by atoms with Crippen LogP contribution in [0.4, 0.5) is 0 Å². The Morgan fingerprint density at radius 2 is 0.929 bits per heavy atom. The fourth-order valence-electron chi connectivity index (χ4n) is 3.13. The highest BCUT2D eigenvalue weighted by Crippen LogP contribution is 2.26. The second-order valence-corrected chi connectivity index (χ2v) is 8.75. The first-order chi connectivity index (χ1) is 13.6. The van der Waals surface area contributed by atoms with Crippen LogP contribution in [0.15, 0.2) is 36.4 Å². The van der Waals surface area contributed by atoms with Crippen molar-refractivity contribution < 1.29 is 0 Å². The molecule has 0 atom stereocenters. The van der Waals surface area contributed by atoms with Gasteiger partial charge in [-0.05, 0) is 10.8 Å². The summed E-state index contributed by atoms with van der Waals surface area (Å²) in [5, 5.41) is 2.24. The van der Waals surface area contributed by atoms with Crippen molar-refractivity contribution in [3.63, 3.8) is 0 Å². The first-order valence-electron chi connectivity index (χ1n) is 9.12. The zero-order chi connectivity index (χ0) is 20.5. The van der Waals surface area contributed by atoms with Gasteiger partial charge in [-0.2, -0.15) is 50.5 Å². The molecule has 2 aromatic rings. The summed E-state index contributed by atoms with van der Waals surface area (Å²) >= 11 is 29.2. The van der Waals surface area contributed by atoms with E-state index in [9.17, 15) is 0 Å². The van der Waals surface area contributed by atoms with E-state index in [1.54, 1.807) is 0 Å². The first-order valence-corrected chi connectivity index (χ1v) is 12.5. The van der Waals surface area contributed by atoms with Crippen molar-refractivity contribution in [1.29, 1.82) is 0 Å². The van der Waals surface area contributed by atoms with Crippen LogP contribution >= 0.6 is 75.0 Å². The smallest absolute Gasteiger partial charge is 0.109 e. The Balaban J connectivity index is 2.50. The van der Waals surface area contributed by atoms with E-state index in [2.05, 4.69) is 84.6 Å². The summed E-state index contributed by atoms with van der Waals surface area (Å²) in [7, 11) is 0. The SMILES string of the molecule is S=C(c1ccc(C(=S)N(CCS)CCS)c2ccccc12)N(CCS)CCS. The van der Waals surface area contributed by atoms with Crippen molar-refractivity contribution in [2.45, 2.75) is 0 Å². The summed E-state index contributed by atoms with van der Waals surface area (Å²) in [6.07, 6.45) is 0. The van der Waals surface area contributed by atoms with Gasteiger partial charge in [0.25, 0.3) is 0 Å². The molecule has 0 spiro atoms. The minimum absolute atomic E-state index is 0.746. The molecule has 0 aromatic heterocycles. The zero-order valence-corrected chi connectivity index (χ0v) is 20.8. The van der Waals surface area contributed by atoms with E-state index in [0.29, 0.717) is 0 Å². The van der Waals surface area contributed by atoms with E-state index in [4.69, 9.17) is 24.4 Å². The lowest BCUT2D eigenvalue weighted by Gasteiger charge is -2.27. The molecule has 0 unspecified atom stereocenters. The Morgan fingerprint density at radius 1 is 0.607 bits per heavy atom. The molecule has 0 heterocycles. The predicted octanol–water partition coefficient (Wildman–Crippen LogP) is 4.51. The molecule has 2 aromatic carbocycles. The second kappa shape index (κ2) is 12.5. The highest BCUT2D eigenvalue weighted by Gasteiger charge is 2.18. The van der Waals surface area contributed by atoms with Crippen LogP contribution in [0.2, 0.25) is 0 Å². The van der Waals surface area contributed by atoms with Gasteiger partial charge in [0.05, 0.1) is 0 Å². The van der Waals surface area contributed by atoms with Crippen molar-refractivity contribution in [2.24, 2.45) is 0 Å². The van der Waals surface area contributed by atoms with E-state index in [1.165, 1.54) is 0 Å². The summed E-state index contributed by atoms with van der Waals surface area (Å²) in [6.45, 7) is 3.20. The van der Waals surface area contributed by atoms with Crippen LogP contribution in [-0.4, -0.2) is 69.0 Å². The minimum atomic E-state index is 0.746. The molecule has 0 amide bonds. The fourth-order valence-corrected chi connectivity index (χ4v) is 4.81. The monoisotopic (exact) mass is 486 g/mol. The average molecular weight is 487 g/mol. The minimum Gasteiger partial charge on any atom is -0.361 e. The number of hydrogen-bond donors (Lipinski definition) is 4. The topological polar surface area (TPSA) is 6.48 Å². The summed E-state index contributed by atoms with van der Waals surface area (Å²) in [5.74, 6) is 2.99. The number of thiol groups is 4. The summed E-state index contributed by atoms with van der Waals surface area (Å²) in [4.78, 5) is 6.01. The van der Waals surface area contributed by atoms with Crippen LogP contribution in [0, 0.1) is 0 Å². The Bertz CT molecular complexity index is 732. The van der Waals surface area contributed by atoms with E-state index < -0.39 is 0 Å². The van der Waals surface area contributed by atoms with Gasteiger partial charge in [0.15, 0.2) is 0 Å². The Kier molecular flexibility index (Phi) is 10.8. The average Bonchev–Trinajstić information content (AvgIpc) is 2.71. The van der Waals surface area contributed by atoms with Crippen LogP contribution in [0.5, 0.6) is 0 Å². The fraction of sp³-hybridized carbons (Fsp3) is 0.400. The maximum absolute atomic E-state index is 5.84. The van der Waals surface area contributed by atoms with Gasteiger partial charge in [0, 0.05) is 60.3 Å². The van der Waals surface area contributed by atoms with Gasteiger partial charge in [0.1, 0.15) is 9.98 Å². The van der Waals surface area contributed by atoms with E-state index in [-0.39, 0.29) is 0 Å². The quantitative estimate of drug-likeness (QED) is 0.290. The van der Waals surface area contributed by atoms with Gasteiger partial charge < -0.3 is 9.80 Å². The standard InChI is InChI=1S/C20H26N2S6/c23-11-7-21(8-12-24)19(27)17-5-6-18(16-4-2-1-3-15(16)17)20(28)22(9-13-25)10-14-26/h1-6,23-26H,7-14H2. The van der Waals surface area contributed by atoms with Crippen LogP contribution in [0.25, 0.3) is 10.8 Å². The normalized spacial score (nSPS) is 10.9. The van der Waals surface area contributed by atoms with E-state index in [1.807, 2.05) is 12.1 Å². The molecule has 0 saturated carbocycles. The molecule has 2 rings (SSSR count). The number of thiocarbonyl (C=S) groups is 2. The van der Waals surface area contributed by atoms with Crippen molar-refractivity contribution in [1.82, 2.24) is 9.80 Å². The number of hydrogen-bond acceptors (Lipinski definition) is 6. The van der Waals surface area contributed by atoms with Gasteiger partial charge in [0.2, 0.25) is 0 Å². The van der Waals surface area contributed by atoms with Crippen LogP contribution in [-0.2, 0) is 0 Å².